The molecule has 10 N–H and O–H groups in total. The van der Waals surface area contributed by atoms with Crippen molar-refractivity contribution in [3.8, 4) is 0 Å². The van der Waals surface area contributed by atoms with Gasteiger partial charge >= 0.3 is 5.97 Å². The van der Waals surface area contributed by atoms with Gasteiger partial charge in [0, 0.05) is 25.9 Å². The zero-order chi connectivity index (χ0) is 36.0. The van der Waals surface area contributed by atoms with Crippen molar-refractivity contribution in [1.29, 1.82) is 5.41 Å². The van der Waals surface area contributed by atoms with E-state index >= 15 is 0 Å². The van der Waals surface area contributed by atoms with E-state index in [1.54, 1.807) is 0 Å². The second-order valence-corrected chi connectivity index (χ2v) is 13.2. The number of nitrogens with two attached hydrogens (primary N) is 2. The van der Waals surface area contributed by atoms with E-state index in [9.17, 15) is 33.9 Å². The van der Waals surface area contributed by atoms with Gasteiger partial charge in [-0.15, -0.1) is 11.6 Å². The number of carbonyl (C=O) groups is 6. The van der Waals surface area contributed by atoms with Gasteiger partial charge in [-0.1, -0.05) is 45.0 Å². The molecule has 2 rings (SSSR count). The van der Waals surface area contributed by atoms with E-state index in [4.69, 9.17) is 28.5 Å². The standard InChI is InChI=1S/C32H49ClN8O7/c1-32(2,3)20-11-9-19(10-12-20)17-23(28(46)39-21(27(34)45)7-6-15-37-31(35)36)40-29(47)24-8-4-5-16-41(24)30(48)22(13-14-26(43)44)38-25(42)18-33/h9-12,21-24H,4-8,13-18H2,1-3H3,(H2,34,45)(H,38,42)(H,39,46)(H,40,47)(H,43,44)(H4,35,36,37)/t21-,22-,23-,24-/m0/s1. The summed E-state index contributed by atoms with van der Waals surface area (Å²) in [6.07, 6.45) is 1.44. The number of carboxylic acid groups (broad SMARTS) is 1. The molecule has 48 heavy (non-hydrogen) atoms. The Balaban J connectivity index is 2.34. The van der Waals surface area contributed by atoms with Crippen LogP contribution in [0.1, 0.15) is 76.8 Å². The second-order valence-electron chi connectivity index (χ2n) is 12.9. The molecule has 0 unspecified atom stereocenters. The van der Waals surface area contributed by atoms with Crippen LogP contribution in [0, 0.1) is 5.41 Å². The summed E-state index contributed by atoms with van der Waals surface area (Å²) < 4.78 is 0. The van der Waals surface area contributed by atoms with Crippen molar-refractivity contribution in [2.24, 2.45) is 11.5 Å². The van der Waals surface area contributed by atoms with Crippen LogP contribution in [0.5, 0.6) is 0 Å². The normalized spacial score (nSPS) is 16.5. The molecular formula is C32H49ClN8O7. The van der Waals surface area contributed by atoms with Gasteiger partial charge < -0.3 is 42.7 Å². The SMILES string of the molecule is CC(C)(C)c1ccc(C[C@H](NC(=O)[C@@H]2CCCCN2C(=O)[C@H](CCC(=O)O)NC(=O)CCl)C(=O)N[C@@H](CCCNC(=N)N)C(N)=O)cc1. The molecule has 0 spiro atoms. The predicted molar refractivity (Wildman–Crippen MR) is 180 cm³/mol. The lowest BCUT2D eigenvalue weighted by atomic mass is 9.86. The summed E-state index contributed by atoms with van der Waals surface area (Å²) in [5.41, 5.74) is 12.6. The van der Waals surface area contributed by atoms with Crippen LogP contribution in [0.4, 0.5) is 0 Å². The van der Waals surface area contributed by atoms with Crippen LogP contribution in [-0.2, 0) is 40.6 Å². The minimum absolute atomic E-state index is 0.0626. The summed E-state index contributed by atoms with van der Waals surface area (Å²) in [5, 5.41) is 26.9. The van der Waals surface area contributed by atoms with Crippen LogP contribution in [-0.4, -0.2) is 94.6 Å². The van der Waals surface area contributed by atoms with Gasteiger partial charge in [0.1, 0.15) is 30.0 Å². The highest BCUT2D eigenvalue weighted by Crippen LogP contribution is 2.23. The largest absolute Gasteiger partial charge is 0.481 e. The number of likely N-dealkylation sites (tertiary alicyclic amines) is 1. The number of rotatable bonds is 17. The first-order valence-electron chi connectivity index (χ1n) is 16.0. The highest BCUT2D eigenvalue weighted by Gasteiger charge is 2.38. The quantitative estimate of drug-likeness (QED) is 0.0480. The molecule has 5 amide bonds. The van der Waals surface area contributed by atoms with E-state index in [1.807, 2.05) is 24.3 Å². The molecule has 1 aliphatic rings. The average molecular weight is 693 g/mol. The highest BCUT2D eigenvalue weighted by atomic mass is 35.5. The lowest BCUT2D eigenvalue weighted by Gasteiger charge is -2.37. The molecule has 0 aromatic heterocycles. The van der Waals surface area contributed by atoms with E-state index in [0.29, 0.717) is 19.3 Å². The molecule has 1 aliphatic heterocycles. The van der Waals surface area contributed by atoms with Crippen LogP contribution in [0.2, 0.25) is 0 Å². The molecule has 16 heteroatoms. The smallest absolute Gasteiger partial charge is 0.303 e. The minimum Gasteiger partial charge on any atom is -0.481 e. The molecule has 15 nitrogen and oxygen atoms in total. The number of amides is 5. The van der Waals surface area contributed by atoms with Gasteiger partial charge in [0.05, 0.1) is 0 Å². The molecule has 0 saturated carbocycles. The maximum atomic E-state index is 13.8. The fourth-order valence-electron chi connectivity index (χ4n) is 5.37. The summed E-state index contributed by atoms with van der Waals surface area (Å²) in [5.74, 6) is -5.16. The molecule has 1 aromatic rings. The molecule has 1 aromatic carbocycles. The Morgan fingerprint density at radius 2 is 1.65 bits per heavy atom. The summed E-state index contributed by atoms with van der Waals surface area (Å²) >= 11 is 5.62. The summed E-state index contributed by atoms with van der Waals surface area (Å²) in [6, 6.07) is 3.15. The maximum absolute atomic E-state index is 13.8. The second kappa shape index (κ2) is 18.8. The summed E-state index contributed by atoms with van der Waals surface area (Å²) in [7, 11) is 0. The van der Waals surface area contributed by atoms with Crippen molar-refractivity contribution in [3.63, 3.8) is 0 Å². The number of piperidine rings is 1. The lowest BCUT2D eigenvalue weighted by molar-refractivity contribution is -0.146. The highest BCUT2D eigenvalue weighted by molar-refractivity contribution is 6.27. The predicted octanol–water partition coefficient (Wildman–Crippen LogP) is 0.214. The molecule has 4 atom stereocenters. The van der Waals surface area contributed by atoms with E-state index in [-0.39, 0.29) is 50.1 Å². The molecular weight excluding hydrogens is 644 g/mol. The summed E-state index contributed by atoms with van der Waals surface area (Å²) in [4.78, 5) is 78.0. The third-order valence-electron chi connectivity index (χ3n) is 8.03. The number of carbonyl (C=O) groups excluding carboxylic acids is 5. The first kappa shape index (κ1) is 39.8. The number of carboxylic acids is 1. The average Bonchev–Trinajstić information content (AvgIpc) is 3.02. The van der Waals surface area contributed by atoms with Gasteiger partial charge in [0.25, 0.3) is 0 Å². The Morgan fingerprint density at radius 3 is 2.21 bits per heavy atom. The number of alkyl halides is 1. The Bertz CT molecular complexity index is 1320. The van der Waals surface area contributed by atoms with Gasteiger partial charge in [-0.2, -0.15) is 0 Å². The Kier molecular flexibility index (Phi) is 15.6. The first-order chi connectivity index (χ1) is 22.5. The Hall–Kier alpha value is -4.40. The van der Waals surface area contributed by atoms with Crippen molar-refractivity contribution in [3.05, 3.63) is 35.4 Å². The number of nitrogens with one attached hydrogen (secondary N) is 5. The molecule has 0 radical (unpaired) electrons. The monoisotopic (exact) mass is 692 g/mol. The van der Waals surface area contributed by atoms with Gasteiger partial charge in [-0.05, 0) is 55.1 Å². The van der Waals surface area contributed by atoms with Crippen molar-refractivity contribution >= 4 is 53.1 Å². The van der Waals surface area contributed by atoms with Gasteiger partial charge in [0.15, 0.2) is 5.96 Å². The zero-order valence-corrected chi connectivity index (χ0v) is 28.5. The van der Waals surface area contributed by atoms with Gasteiger partial charge in [-0.3, -0.25) is 34.2 Å². The fraction of sp³-hybridized carbons (Fsp3) is 0.594. The molecule has 266 valence electrons. The first-order valence-corrected chi connectivity index (χ1v) is 16.5. The van der Waals surface area contributed by atoms with Crippen LogP contribution < -0.4 is 32.7 Å². The number of primary amides is 1. The van der Waals surface area contributed by atoms with E-state index in [0.717, 1.165) is 11.1 Å². The zero-order valence-electron chi connectivity index (χ0n) is 27.8. The molecule has 0 aliphatic carbocycles. The Morgan fingerprint density at radius 1 is 0.979 bits per heavy atom. The minimum atomic E-state index is -1.21. The fourth-order valence-corrected chi connectivity index (χ4v) is 5.44. The Labute approximate surface area is 285 Å². The number of nitrogens with zero attached hydrogens (tertiary/aromatic N) is 1. The van der Waals surface area contributed by atoms with Crippen LogP contribution in [0.15, 0.2) is 24.3 Å². The van der Waals surface area contributed by atoms with Crippen molar-refractivity contribution in [2.75, 3.05) is 19.0 Å². The topological polar surface area (TPSA) is 250 Å². The van der Waals surface area contributed by atoms with Crippen LogP contribution in [0.3, 0.4) is 0 Å². The number of hydrogen-bond acceptors (Lipinski definition) is 7. The summed E-state index contributed by atoms with van der Waals surface area (Å²) in [6.45, 7) is 6.66. The van der Waals surface area contributed by atoms with Crippen molar-refractivity contribution < 1.29 is 33.9 Å². The van der Waals surface area contributed by atoms with Crippen LogP contribution >= 0.6 is 11.6 Å². The number of hydrogen-bond donors (Lipinski definition) is 8. The number of aliphatic carboxylic acids is 1. The van der Waals surface area contributed by atoms with Crippen LogP contribution in [0.25, 0.3) is 0 Å². The molecule has 0 bridgehead atoms. The van der Waals surface area contributed by atoms with Gasteiger partial charge in [0.2, 0.25) is 29.5 Å². The van der Waals surface area contributed by atoms with E-state index in [1.165, 1.54) is 4.90 Å². The van der Waals surface area contributed by atoms with Crippen molar-refractivity contribution in [1.82, 2.24) is 26.2 Å². The van der Waals surface area contributed by atoms with Gasteiger partial charge in [-0.25, -0.2) is 0 Å². The number of halogens is 1. The molecule has 1 fully saturated rings. The maximum Gasteiger partial charge on any atom is 0.303 e. The molecule has 1 saturated heterocycles. The number of guanidine groups is 1. The van der Waals surface area contributed by atoms with Crippen molar-refractivity contribution in [2.45, 2.75) is 102 Å². The number of benzene rings is 1. The van der Waals surface area contributed by atoms with E-state index < -0.39 is 72.0 Å². The van der Waals surface area contributed by atoms with E-state index in [2.05, 4.69) is 42.0 Å². The third-order valence-corrected chi connectivity index (χ3v) is 8.27. The third kappa shape index (κ3) is 13.0. The lowest BCUT2D eigenvalue weighted by Crippen LogP contribution is -2.60. The molecule has 1 heterocycles.